The monoisotopic (exact) mass is 240 g/mol. The zero-order chi connectivity index (χ0) is 10.9. The molecule has 14 heavy (non-hydrogen) atoms. The van der Waals surface area contributed by atoms with E-state index in [-0.39, 0.29) is 0 Å². The van der Waals surface area contributed by atoms with Crippen molar-refractivity contribution in [2.75, 3.05) is 6.61 Å². The van der Waals surface area contributed by atoms with Gasteiger partial charge in [0.25, 0.3) is 0 Å². The average molecular weight is 240 g/mol. The largest absolute Gasteiger partial charge is 0.383 e. The van der Waals surface area contributed by atoms with Crippen molar-refractivity contribution in [3.8, 4) is 0 Å². The summed E-state index contributed by atoms with van der Waals surface area (Å²) in [6, 6.07) is 0. The van der Waals surface area contributed by atoms with E-state index in [1.165, 1.54) is 32.1 Å². The molecule has 0 amide bonds. The van der Waals surface area contributed by atoms with Gasteiger partial charge in [0.1, 0.15) is 0 Å². The minimum atomic E-state index is -3.54. The molecular formula is C9H21O3PS. The molecule has 3 nitrogen and oxygen atoms in total. The van der Waals surface area contributed by atoms with E-state index in [1.807, 2.05) is 0 Å². The SMILES string of the molecule is CCCCCCCCCOP(=O)(O)S. The van der Waals surface area contributed by atoms with Crippen LogP contribution in [0, 0.1) is 0 Å². The van der Waals surface area contributed by atoms with Crippen molar-refractivity contribution in [2.24, 2.45) is 0 Å². The maximum Gasteiger partial charge on any atom is 0.383 e. The molecule has 0 aliphatic carbocycles. The summed E-state index contributed by atoms with van der Waals surface area (Å²) in [6.45, 7) is -1.01. The molecule has 0 spiro atoms. The Morgan fingerprint density at radius 1 is 1.14 bits per heavy atom. The lowest BCUT2D eigenvalue weighted by Gasteiger charge is -2.05. The summed E-state index contributed by atoms with van der Waals surface area (Å²) in [5, 5.41) is 0. The Morgan fingerprint density at radius 2 is 1.64 bits per heavy atom. The Hall–Kier alpha value is 0.500. The number of hydrogen-bond acceptors (Lipinski definition) is 2. The highest BCUT2D eigenvalue weighted by molar-refractivity contribution is 8.44. The number of unbranched alkanes of at least 4 members (excludes halogenated alkanes) is 6. The molecular weight excluding hydrogens is 219 g/mol. The standard InChI is InChI=1S/C9H21O3PS/c1-2-3-4-5-6-7-8-9-12-13(10,11)14/h2-9H2,1H3,(H2,10,11,14). The predicted octanol–water partition coefficient (Wildman–Crippen LogP) is 3.78. The molecule has 1 unspecified atom stereocenters. The normalized spacial score (nSPS) is 15.4. The van der Waals surface area contributed by atoms with Gasteiger partial charge < -0.3 is 9.42 Å². The summed E-state index contributed by atoms with van der Waals surface area (Å²) in [5.74, 6) is 0. The molecule has 0 aromatic carbocycles. The third-order valence-electron chi connectivity index (χ3n) is 2.01. The highest BCUT2D eigenvalue weighted by Crippen LogP contribution is 2.46. The Balaban J connectivity index is 3.03. The molecule has 0 saturated heterocycles. The Kier molecular flexibility index (Phi) is 9.09. The summed E-state index contributed by atoms with van der Waals surface area (Å²) in [6.07, 6.45) is 8.21. The maximum absolute atomic E-state index is 10.6. The van der Waals surface area contributed by atoms with E-state index in [0.717, 1.165) is 12.8 Å². The van der Waals surface area contributed by atoms with E-state index in [1.54, 1.807) is 0 Å². The maximum atomic E-state index is 10.6. The minimum absolute atomic E-state index is 0.338. The van der Waals surface area contributed by atoms with Gasteiger partial charge >= 0.3 is 6.80 Å². The molecule has 0 aliphatic heterocycles. The van der Waals surface area contributed by atoms with Crippen LogP contribution in [0.2, 0.25) is 0 Å². The summed E-state index contributed by atoms with van der Waals surface area (Å²) >= 11 is 3.41. The first-order chi connectivity index (χ1) is 6.56. The van der Waals surface area contributed by atoms with Gasteiger partial charge in [-0.1, -0.05) is 57.7 Å². The van der Waals surface area contributed by atoms with E-state index >= 15 is 0 Å². The lowest BCUT2D eigenvalue weighted by atomic mass is 10.1. The summed E-state index contributed by atoms with van der Waals surface area (Å²) in [7, 11) is 0. The third kappa shape index (κ3) is 12.5. The van der Waals surface area contributed by atoms with Gasteiger partial charge in [-0.05, 0) is 6.42 Å². The number of thiol groups is 1. The van der Waals surface area contributed by atoms with E-state index < -0.39 is 6.80 Å². The lowest BCUT2D eigenvalue weighted by molar-refractivity contribution is 0.268. The van der Waals surface area contributed by atoms with Gasteiger partial charge in [0.2, 0.25) is 0 Å². The van der Waals surface area contributed by atoms with Crippen molar-refractivity contribution >= 4 is 19.0 Å². The molecule has 0 radical (unpaired) electrons. The Bertz CT molecular complexity index is 169. The van der Waals surface area contributed by atoms with Crippen molar-refractivity contribution in [2.45, 2.75) is 51.9 Å². The fraction of sp³-hybridized carbons (Fsp3) is 1.00. The summed E-state index contributed by atoms with van der Waals surface area (Å²) in [4.78, 5) is 8.69. The molecule has 0 saturated carbocycles. The van der Waals surface area contributed by atoms with Crippen LogP contribution in [0.5, 0.6) is 0 Å². The van der Waals surface area contributed by atoms with Gasteiger partial charge in [-0.15, -0.1) is 0 Å². The van der Waals surface area contributed by atoms with Crippen LogP contribution >= 0.6 is 19.0 Å². The Morgan fingerprint density at radius 3 is 2.14 bits per heavy atom. The van der Waals surface area contributed by atoms with Gasteiger partial charge in [0, 0.05) is 0 Å². The highest BCUT2D eigenvalue weighted by Gasteiger charge is 2.09. The third-order valence-corrected chi connectivity index (χ3v) is 2.87. The molecule has 1 N–H and O–H groups in total. The minimum Gasteiger partial charge on any atom is -0.317 e. The van der Waals surface area contributed by atoms with Gasteiger partial charge in [-0.2, -0.15) is 0 Å². The Labute approximate surface area is 91.9 Å². The van der Waals surface area contributed by atoms with E-state index in [4.69, 9.17) is 4.89 Å². The molecule has 0 fully saturated rings. The quantitative estimate of drug-likeness (QED) is 0.366. The molecule has 1 atom stereocenters. The van der Waals surface area contributed by atoms with Gasteiger partial charge in [0.15, 0.2) is 0 Å². The van der Waals surface area contributed by atoms with E-state index in [0.29, 0.717) is 6.61 Å². The van der Waals surface area contributed by atoms with Crippen LogP contribution in [0.1, 0.15) is 51.9 Å². The van der Waals surface area contributed by atoms with E-state index in [2.05, 4.69) is 23.7 Å². The average Bonchev–Trinajstić information content (AvgIpc) is 2.08. The first kappa shape index (κ1) is 14.5. The molecule has 86 valence electrons. The molecule has 0 aliphatic rings. The van der Waals surface area contributed by atoms with Crippen LogP contribution in [0.25, 0.3) is 0 Å². The summed E-state index contributed by atoms with van der Waals surface area (Å²) < 4.78 is 15.2. The van der Waals surface area contributed by atoms with Gasteiger partial charge in [0.05, 0.1) is 6.61 Å². The highest BCUT2D eigenvalue weighted by atomic mass is 32.7. The smallest absolute Gasteiger partial charge is 0.317 e. The second-order valence-electron chi connectivity index (χ2n) is 3.45. The van der Waals surface area contributed by atoms with Crippen LogP contribution in [0.3, 0.4) is 0 Å². The number of hydrogen-bond donors (Lipinski definition) is 2. The molecule has 0 rings (SSSR count). The second-order valence-corrected chi connectivity index (χ2v) is 6.20. The van der Waals surface area contributed by atoms with Crippen LogP contribution in [0.15, 0.2) is 0 Å². The lowest BCUT2D eigenvalue weighted by Crippen LogP contribution is -1.89. The second kappa shape index (κ2) is 8.78. The fourth-order valence-electron chi connectivity index (χ4n) is 1.24. The van der Waals surface area contributed by atoms with Gasteiger partial charge in [-0.25, -0.2) is 4.57 Å². The molecule has 0 heterocycles. The van der Waals surface area contributed by atoms with Crippen LogP contribution in [-0.4, -0.2) is 11.5 Å². The zero-order valence-electron chi connectivity index (χ0n) is 8.81. The van der Waals surface area contributed by atoms with Crippen LogP contribution < -0.4 is 0 Å². The molecule has 5 heteroatoms. The zero-order valence-corrected chi connectivity index (χ0v) is 10.6. The van der Waals surface area contributed by atoms with Crippen molar-refractivity contribution in [3.63, 3.8) is 0 Å². The van der Waals surface area contributed by atoms with Gasteiger partial charge in [-0.3, -0.25) is 0 Å². The van der Waals surface area contributed by atoms with Crippen molar-refractivity contribution in [1.82, 2.24) is 0 Å². The molecule has 0 bridgehead atoms. The van der Waals surface area contributed by atoms with Crippen molar-refractivity contribution in [3.05, 3.63) is 0 Å². The van der Waals surface area contributed by atoms with Crippen molar-refractivity contribution < 1.29 is 14.0 Å². The fourth-order valence-corrected chi connectivity index (χ4v) is 1.85. The van der Waals surface area contributed by atoms with Crippen molar-refractivity contribution in [1.29, 1.82) is 0 Å². The molecule has 0 aromatic heterocycles. The van der Waals surface area contributed by atoms with E-state index in [9.17, 15) is 4.57 Å². The molecule has 0 aromatic rings. The first-order valence-electron chi connectivity index (χ1n) is 5.26. The van der Waals surface area contributed by atoms with Crippen LogP contribution in [0.4, 0.5) is 0 Å². The van der Waals surface area contributed by atoms with Crippen LogP contribution in [-0.2, 0) is 9.09 Å². The topological polar surface area (TPSA) is 46.5 Å². The summed E-state index contributed by atoms with van der Waals surface area (Å²) in [5.41, 5.74) is 0. The number of rotatable bonds is 9. The first-order valence-corrected chi connectivity index (χ1v) is 7.99. The predicted molar refractivity (Wildman–Crippen MR) is 62.8 cm³/mol.